The number of anilines is 2. The molecule has 0 saturated carbocycles. The Morgan fingerprint density at radius 2 is 1.86 bits per heavy atom. The molecule has 0 spiro atoms. The van der Waals surface area contributed by atoms with Crippen LogP contribution in [-0.4, -0.2) is 11.8 Å². The van der Waals surface area contributed by atoms with E-state index in [1.165, 1.54) is 18.2 Å². The minimum Gasteiger partial charge on any atom is -0.323 e. The Labute approximate surface area is 135 Å². The van der Waals surface area contributed by atoms with E-state index >= 15 is 0 Å². The molecule has 0 radical (unpaired) electrons. The van der Waals surface area contributed by atoms with Gasteiger partial charge in [0.25, 0.3) is 5.91 Å². The molecule has 0 aliphatic heterocycles. The zero-order chi connectivity index (χ0) is 16.1. The average Bonchev–Trinajstić information content (AvgIpc) is 2.52. The van der Waals surface area contributed by atoms with Crippen molar-refractivity contribution in [1.29, 1.82) is 0 Å². The van der Waals surface area contributed by atoms with E-state index in [0.29, 0.717) is 11.3 Å². The molecule has 0 aliphatic carbocycles. The van der Waals surface area contributed by atoms with E-state index in [1.807, 2.05) is 0 Å². The van der Waals surface area contributed by atoms with Gasteiger partial charge in [-0.15, -0.1) is 0 Å². The van der Waals surface area contributed by atoms with Gasteiger partial charge in [-0.25, -0.2) is 4.39 Å². The molecular weight excluding hydrogens is 351 g/mol. The van der Waals surface area contributed by atoms with E-state index in [-0.39, 0.29) is 16.1 Å². The fraction of sp³-hybridized carbons (Fsp3) is 0. The lowest BCUT2D eigenvalue weighted by molar-refractivity contribution is -0.111. The Balaban J connectivity index is 2.19. The predicted molar refractivity (Wildman–Crippen MR) is 87.3 cm³/mol. The van der Waals surface area contributed by atoms with Crippen LogP contribution in [0.3, 0.4) is 0 Å². The SMILES string of the molecule is C=CC(=O)Nc1cccc(C(=O)Nc2cccc(Br)c2F)c1. The number of amides is 2. The van der Waals surface area contributed by atoms with E-state index in [0.717, 1.165) is 6.08 Å². The van der Waals surface area contributed by atoms with Crippen molar-refractivity contribution in [3.63, 3.8) is 0 Å². The first kappa shape index (κ1) is 15.9. The highest BCUT2D eigenvalue weighted by molar-refractivity contribution is 9.10. The molecule has 22 heavy (non-hydrogen) atoms. The summed E-state index contributed by atoms with van der Waals surface area (Å²) in [5.41, 5.74) is 0.813. The van der Waals surface area contributed by atoms with Crippen LogP contribution in [0.5, 0.6) is 0 Å². The highest BCUT2D eigenvalue weighted by Gasteiger charge is 2.11. The lowest BCUT2D eigenvalue weighted by Gasteiger charge is -2.09. The first-order valence-electron chi connectivity index (χ1n) is 6.30. The van der Waals surface area contributed by atoms with Crippen LogP contribution in [-0.2, 0) is 4.79 Å². The summed E-state index contributed by atoms with van der Waals surface area (Å²) in [6, 6.07) is 10.9. The third-order valence-electron chi connectivity index (χ3n) is 2.78. The number of rotatable bonds is 4. The van der Waals surface area contributed by atoms with Gasteiger partial charge >= 0.3 is 0 Å². The minimum absolute atomic E-state index is 0.0694. The van der Waals surface area contributed by atoms with Crippen LogP contribution in [0.15, 0.2) is 59.6 Å². The molecule has 2 rings (SSSR count). The van der Waals surface area contributed by atoms with Crippen LogP contribution < -0.4 is 10.6 Å². The number of nitrogens with one attached hydrogen (secondary N) is 2. The molecule has 0 fully saturated rings. The smallest absolute Gasteiger partial charge is 0.255 e. The lowest BCUT2D eigenvalue weighted by Crippen LogP contribution is -2.14. The quantitative estimate of drug-likeness (QED) is 0.808. The van der Waals surface area contributed by atoms with Gasteiger partial charge < -0.3 is 10.6 Å². The van der Waals surface area contributed by atoms with Crippen LogP contribution >= 0.6 is 15.9 Å². The molecule has 0 atom stereocenters. The van der Waals surface area contributed by atoms with Crippen molar-refractivity contribution in [2.75, 3.05) is 10.6 Å². The summed E-state index contributed by atoms with van der Waals surface area (Å²) in [5, 5.41) is 5.04. The van der Waals surface area contributed by atoms with E-state index in [1.54, 1.807) is 24.3 Å². The normalized spacial score (nSPS) is 9.91. The molecule has 4 nitrogen and oxygen atoms in total. The van der Waals surface area contributed by atoms with E-state index in [2.05, 4.69) is 33.1 Å². The van der Waals surface area contributed by atoms with Crippen molar-refractivity contribution < 1.29 is 14.0 Å². The molecule has 2 amide bonds. The Morgan fingerprint density at radius 3 is 2.59 bits per heavy atom. The summed E-state index contributed by atoms with van der Waals surface area (Å²) in [4.78, 5) is 23.4. The molecule has 112 valence electrons. The summed E-state index contributed by atoms with van der Waals surface area (Å²) in [5.74, 6) is -1.41. The number of benzene rings is 2. The van der Waals surface area contributed by atoms with Gasteiger partial charge in [0.05, 0.1) is 10.2 Å². The standard InChI is InChI=1S/C16H12BrFN2O2/c1-2-14(21)19-11-6-3-5-10(9-11)16(22)20-13-8-4-7-12(17)15(13)18/h2-9H,1H2,(H,19,21)(H,20,22). The fourth-order valence-electron chi connectivity index (χ4n) is 1.73. The molecule has 0 aromatic heterocycles. The molecule has 0 aliphatic rings. The second-order valence-corrected chi connectivity index (χ2v) is 5.18. The van der Waals surface area contributed by atoms with E-state index in [4.69, 9.17) is 0 Å². The number of carbonyl (C=O) groups excluding carboxylic acids is 2. The molecule has 0 saturated heterocycles. The van der Waals surface area contributed by atoms with Crippen LogP contribution in [0.25, 0.3) is 0 Å². The molecule has 6 heteroatoms. The van der Waals surface area contributed by atoms with Crippen molar-refractivity contribution in [2.24, 2.45) is 0 Å². The van der Waals surface area contributed by atoms with E-state index in [9.17, 15) is 14.0 Å². The zero-order valence-corrected chi connectivity index (χ0v) is 13.0. The topological polar surface area (TPSA) is 58.2 Å². The molecule has 2 aromatic rings. The monoisotopic (exact) mass is 362 g/mol. The third kappa shape index (κ3) is 3.79. The minimum atomic E-state index is -0.549. The van der Waals surface area contributed by atoms with Gasteiger partial charge in [0, 0.05) is 11.3 Å². The molecule has 0 heterocycles. The maximum Gasteiger partial charge on any atom is 0.255 e. The zero-order valence-electron chi connectivity index (χ0n) is 11.4. The Morgan fingerprint density at radius 1 is 1.14 bits per heavy atom. The molecule has 2 aromatic carbocycles. The maximum atomic E-state index is 13.8. The predicted octanol–water partition coefficient (Wildman–Crippen LogP) is 3.97. The van der Waals surface area contributed by atoms with Crippen LogP contribution in [0.1, 0.15) is 10.4 Å². The molecule has 2 N–H and O–H groups in total. The summed E-state index contributed by atoms with van der Waals surface area (Å²) >= 11 is 3.06. The largest absolute Gasteiger partial charge is 0.323 e. The first-order valence-corrected chi connectivity index (χ1v) is 7.09. The van der Waals surface area contributed by atoms with Crippen LogP contribution in [0, 0.1) is 5.82 Å². The lowest BCUT2D eigenvalue weighted by atomic mass is 10.1. The van der Waals surface area contributed by atoms with Crippen molar-refractivity contribution in [3.05, 3.63) is 71.0 Å². The summed E-state index contributed by atoms with van der Waals surface area (Å²) in [7, 11) is 0. The van der Waals surface area contributed by atoms with Crippen LogP contribution in [0.2, 0.25) is 0 Å². The highest BCUT2D eigenvalue weighted by atomic mass is 79.9. The van der Waals surface area contributed by atoms with Gasteiger partial charge in [0.15, 0.2) is 5.82 Å². The average molecular weight is 363 g/mol. The Hall–Kier alpha value is -2.47. The number of halogens is 2. The van der Waals surface area contributed by atoms with E-state index < -0.39 is 11.7 Å². The summed E-state index contributed by atoms with van der Waals surface area (Å²) in [6.07, 6.45) is 1.13. The summed E-state index contributed by atoms with van der Waals surface area (Å²) < 4.78 is 14.1. The fourth-order valence-corrected chi connectivity index (χ4v) is 2.09. The Kier molecular flexibility index (Phi) is 5.06. The second kappa shape index (κ2) is 7.00. The van der Waals surface area contributed by atoms with Crippen molar-refractivity contribution in [3.8, 4) is 0 Å². The second-order valence-electron chi connectivity index (χ2n) is 4.33. The van der Waals surface area contributed by atoms with Gasteiger partial charge in [-0.2, -0.15) is 0 Å². The van der Waals surface area contributed by atoms with Crippen molar-refractivity contribution in [1.82, 2.24) is 0 Å². The van der Waals surface area contributed by atoms with Gasteiger partial charge in [-0.1, -0.05) is 18.7 Å². The summed E-state index contributed by atoms with van der Waals surface area (Å²) in [6.45, 7) is 3.35. The highest BCUT2D eigenvalue weighted by Crippen LogP contribution is 2.23. The van der Waals surface area contributed by atoms with Gasteiger partial charge in [0.1, 0.15) is 0 Å². The maximum absolute atomic E-state index is 13.8. The molecule has 0 unspecified atom stereocenters. The molecular formula is C16H12BrFN2O2. The number of hydrogen-bond donors (Lipinski definition) is 2. The van der Waals surface area contributed by atoms with Gasteiger partial charge in [-0.3, -0.25) is 9.59 Å². The van der Waals surface area contributed by atoms with Gasteiger partial charge in [0.2, 0.25) is 5.91 Å². The number of hydrogen-bond acceptors (Lipinski definition) is 2. The van der Waals surface area contributed by atoms with Gasteiger partial charge in [-0.05, 0) is 52.3 Å². The first-order chi connectivity index (χ1) is 10.5. The molecule has 0 bridgehead atoms. The van der Waals surface area contributed by atoms with Crippen molar-refractivity contribution in [2.45, 2.75) is 0 Å². The van der Waals surface area contributed by atoms with Crippen LogP contribution in [0.4, 0.5) is 15.8 Å². The Bertz CT molecular complexity index is 747. The van der Waals surface area contributed by atoms with Crippen molar-refractivity contribution >= 4 is 39.1 Å². The third-order valence-corrected chi connectivity index (χ3v) is 3.39. The number of carbonyl (C=O) groups is 2.